The fourth-order valence-electron chi connectivity index (χ4n) is 2.13. The molecule has 15 heavy (non-hydrogen) atoms. The third-order valence-electron chi connectivity index (χ3n) is 3.52. The maximum absolute atomic E-state index is 5.74. The molecule has 0 aliphatic heterocycles. The van der Waals surface area contributed by atoms with Gasteiger partial charge in [0.2, 0.25) is 0 Å². The Morgan fingerprint density at radius 2 is 2.00 bits per heavy atom. The Kier molecular flexibility index (Phi) is 6.26. The molecule has 0 heterocycles. The number of hydrogen-bond acceptors (Lipinski definition) is 2. The minimum Gasteiger partial charge on any atom is -0.330 e. The van der Waals surface area contributed by atoms with E-state index < -0.39 is 0 Å². The van der Waals surface area contributed by atoms with Crippen LogP contribution >= 0.6 is 0 Å². The number of nitrogens with two attached hydrogens (primary N) is 1. The van der Waals surface area contributed by atoms with Gasteiger partial charge in [-0.1, -0.05) is 20.3 Å². The van der Waals surface area contributed by atoms with Crippen molar-refractivity contribution in [2.45, 2.75) is 46.0 Å². The molecule has 1 atom stereocenters. The van der Waals surface area contributed by atoms with Crippen molar-refractivity contribution in [2.75, 3.05) is 26.2 Å². The van der Waals surface area contributed by atoms with Crippen molar-refractivity contribution < 1.29 is 0 Å². The van der Waals surface area contributed by atoms with Crippen molar-refractivity contribution in [1.29, 1.82) is 0 Å². The highest BCUT2D eigenvalue weighted by Crippen LogP contribution is 2.29. The molecule has 0 aromatic carbocycles. The van der Waals surface area contributed by atoms with Gasteiger partial charge < -0.3 is 10.6 Å². The Balaban J connectivity index is 2.16. The highest BCUT2D eigenvalue weighted by atomic mass is 15.1. The van der Waals surface area contributed by atoms with Crippen LogP contribution in [0.25, 0.3) is 0 Å². The first-order valence-corrected chi connectivity index (χ1v) is 6.72. The van der Waals surface area contributed by atoms with Crippen LogP contribution in [0.4, 0.5) is 0 Å². The molecular weight excluding hydrogens is 184 g/mol. The molecule has 1 unspecified atom stereocenters. The van der Waals surface area contributed by atoms with Gasteiger partial charge in [0, 0.05) is 6.54 Å². The molecule has 1 aliphatic rings. The summed E-state index contributed by atoms with van der Waals surface area (Å²) < 4.78 is 0. The summed E-state index contributed by atoms with van der Waals surface area (Å²) in [5.41, 5.74) is 5.74. The minimum absolute atomic E-state index is 0.739. The second-order valence-corrected chi connectivity index (χ2v) is 5.04. The first-order valence-electron chi connectivity index (χ1n) is 6.72. The van der Waals surface area contributed by atoms with Crippen molar-refractivity contribution in [3.8, 4) is 0 Å². The lowest BCUT2D eigenvalue weighted by Crippen LogP contribution is -2.30. The van der Waals surface area contributed by atoms with E-state index in [1.807, 2.05) is 0 Å². The maximum atomic E-state index is 5.74. The van der Waals surface area contributed by atoms with Gasteiger partial charge in [0.1, 0.15) is 0 Å². The van der Waals surface area contributed by atoms with E-state index in [4.69, 9.17) is 5.73 Å². The summed E-state index contributed by atoms with van der Waals surface area (Å²) in [4.78, 5) is 2.65. The average Bonchev–Trinajstić information content (AvgIpc) is 3.03. The normalized spacial score (nSPS) is 18.4. The highest BCUT2D eigenvalue weighted by Gasteiger charge is 2.23. The predicted octanol–water partition coefficient (Wildman–Crippen LogP) is 2.48. The predicted molar refractivity (Wildman–Crippen MR) is 66.9 cm³/mol. The maximum Gasteiger partial charge on any atom is 0.000966 e. The Hall–Kier alpha value is -0.0800. The molecule has 2 heteroatoms. The molecular formula is C13H28N2. The minimum atomic E-state index is 0.739. The third kappa shape index (κ3) is 5.53. The van der Waals surface area contributed by atoms with Gasteiger partial charge >= 0.3 is 0 Å². The highest BCUT2D eigenvalue weighted by molar-refractivity contribution is 4.77. The Morgan fingerprint density at radius 1 is 1.27 bits per heavy atom. The van der Waals surface area contributed by atoms with Gasteiger partial charge in [-0.25, -0.2) is 0 Å². The van der Waals surface area contributed by atoms with Crippen molar-refractivity contribution in [1.82, 2.24) is 4.90 Å². The van der Waals surface area contributed by atoms with E-state index in [0.29, 0.717) is 0 Å². The lowest BCUT2D eigenvalue weighted by molar-refractivity contribution is 0.241. The second-order valence-electron chi connectivity index (χ2n) is 5.04. The number of rotatable bonds is 9. The summed E-state index contributed by atoms with van der Waals surface area (Å²) in [5, 5.41) is 0. The molecule has 1 fully saturated rings. The van der Waals surface area contributed by atoms with Crippen LogP contribution in [0.15, 0.2) is 0 Å². The van der Waals surface area contributed by atoms with Gasteiger partial charge in [0.25, 0.3) is 0 Å². The van der Waals surface area contributed by atoms with Crippen LogP contribution in [0.5, 0.6) is 0 Å². The summed E-state index contributed by atoms with van der Waals surface area (Å²) >= 11 is 0. The lowest BCUT2D eigenvalue weighted by Gasteiger charge is -2.23. The first-order chi connectivity index (χ1) is 7.30. The topological polar surface area (TPSA) is 29.3 Å². The van der Waals surface area contributed by atoms with E-state index in [2.05, 4.69) is 18.7 Å². The molecule has 0 aromatic rings. The van der Waals surface area contributed by atoms with Crippen molar-refractivity contribution in [3.63, 3.8) is 0 Å². The summed E-state index contributed by atoms with van der Waals surface area (Å²) in [6.45, 7) is 9.27. The van der Waals surface area contributed by atoms with Crippen LogP contribution in [-0.4, -0.2) is 31.1 Å². The smallest absolute Gasteiger partial charge is 0.000966 e. The van der Waals surface area contributed by atoms with E-state index in [0.717, 1.165) is 18.4 Å². The van der Waals surface area contributed by atoms with Crippen molar-refractivity contribution in [3.05, 3.63) is 0 Å². The fraction of sp³-hybridized carbons (Fsp3) is 1.00. The molecule has 0 radical (unpaired) electrons. The number of nitrogens with zero attached hydrogens (tertiary/aromatic N) is 1. The summed E-state index contributed by atoms with van der Waals surface area (Å²) in [5.74, 6) is 1.76. The molecule has 1 saturated carbocycles. The molecule has 1 aliphatic carbocycles. The Bertz CT molecular complexity index is 151. The second kappa shape index (κ2) is 7.24. The van der Waals surface area contributed by atoms with E-state index in [-0.39, 0.29) is 0 Å². The Morgan fingerprint density at radius 3 is 2.47 bits per heavy atom. The molecule has 0 aromatic heterocycles. The van der Waals surface area contributed by atoms with E-state index >= 15 is 0 Å². The first kappa shape index (κ1) is 13.0. The molecule has 1 rings (SSSR count). The van der Waals surface area contributed by atoms with Gasteiger partial charge in [-0.05, 0) is 57.2 Å². The van der Waals surface area contributed by atoms with Crippen molar-refractivity contribution >= 4 is 0 Å². The van der Waals surface area contributed by atoms with E-state index in [9.17, 15) is 0 Å². The lowest BCUT2D eigenvalue weighted by atomic mass is 10.0. The molecule has 2 N–H and O–H groups in total. The summed E-state index contributed by atoms with van der Waals surface area (Å²) in [7, 11) is 0. The molecule has 0 bridgehead atoms. The van der Waals surface area contributed by atoms with Gasteiger partial charge in [-0.3, -0.25) is 0 Å². The van der Waals surface area contributed by atoms with Gasteiger partial charge in [-0.2, -0.15) is 0 Å². The summed E-state index contributed by atoms with van der Waals surface area (Å²) in [6.07, 6.45) is 6.74. The van der Waals surface area contributed by atoms with Crippen LogP contribution in [0.2, 0.25) is 0 Å². The van der Waals surface area contributed by atoms with Gasteiger partial charge in [0.05, 0.1) is 0 Å². The monoisotopic (exact) mass is 212 g/mol. The molecule has 0 spiro atoms. The van der Waals surface area contributed by atoms with Gasteiger partial charge in [0.15, 0.2) is 0 Å². The Labute approximate surface area is 95.2 Å². The fourth-order valence-corrected chi connectivity index (χ4v) is 2.13. The van der Waals surface area contributed by atoms with E-state index in [1.54, 1.807) is 0 Å². The quantitative estimate of drug-likeness (QED) is 0.636. The largest absolute Gasteiger partial charge is 0.330 e. The molecule has 0 saturated heterocycles. The van der Waals surface area contributed by atoms with Crippen LogP contribution in [-0.2, 0) is 0 Å². The average molecular weight is 212 g/mol. The zero-order valence-electron chi connectivity index (χ0n) is 10.5. The molecule has 0 amide bonds. The van der Waals surface area contributed by atoms with E-state index in [1.165, 1.54) is 51.7 Å². The standard InChI is InChI=1S/C13H28N2/c1-3-8-15(11-13-5-6-13)9-7-12(4-2)10-14/h12-13H,3-11,14H2,1-2H3. The number of hydrogen-bond donors (Lipinski definition) is 1. The zero-order valence-corrected chi connectivity index (χ0v) is 10.5. The molecule has 90 valence electrons. The van der Waals surface area contributed by atoms with Crippen LogP contribution < -0.4 is 5.73 Å². The SMILES string of the molecule is CCCN(CCC(CC)CN)CC1CC1. The van der Waals surface area contributed by atoms with Crippen molar-refractivity contribution in [2.24, 2.45) is 17.6 Å². The van der Waals surface area contributed by atoms with Gasteiger partial charge in [-0.15, -0.1) is 0 Å². The third-order valence-corrected chi connectivity index (χ3v) is 3.52. The summed E-state index contributed by atoms with van der Waals surface area (Å²) in [6, 6.07) is 0. The van der Waals surface area contributed by atoms with Crippen LogP contribution in [0.1, 0.15) is 46.0 Å². The zero-order chi connectivity index (χ0) is 11.1. The van der Waals surface area contributed by atoms with Crippen LogP contribution in [0.3, 0.4) is 0 Å². The van der Waals surface area contributed by atoms with Crippen LogP contribution in [0, 0.1) is 11.8 Å². The molecule has 2 nitrogen and oxygen atoms in total.